The molecule has 0 spiro atoms. The minimum atomic E-state index is -0.184. The number of anilines is 2. The van der Waals surface area contributed by atoms with E-state index >= 15 is 0 Å². The van der Waals surface area contributed by atoms with Crippen molar-refractivity contribution in [1.29, 1.82) is 5.26 Å². The fourth-order valence-electron chi connectivity index (χ4n) is 3.38. The summed E-state index contributed by atoms with van der Waals surface area (Å²) in [5, 5.41) is 12.4. The Labute approximate surface area is 191 Å². The number of benzene rings is 2. The second-order valence-corrected chi connectivity index (χ2v) is 8.75. The molecule has 7 heteroatoms. The van der Waals surface area contributed by atoms with Gasteiger partial charge in [-0.15, -0.1) is 0 Å². The van der Waals surface area contributed by atoms with Gasteiger partial charge in [-0.05, 0) is 79.4 Å². The van der Waals surface area contributed by atoms with Crippen LogP contribution in [0.5, 0.6) is 0 Å². The molecule has 1 amide bonds. The van der Waals surface area contributed by atoms with Crippen LogP contribution in [0.3, 0.4) is 0 Å². The summed E-state index contributed by atoms with van der Waals surface area (Å²) in [6, 6.07) is 18.5. The van der Waals surface area contributed by atoms with Gasteiger partial charge in [0.2, 0.25) is 0 Å². The highest BCUT2D eigenvalue weighted by molar-refractivity contribution is 8.00. The number of hydrogen-bond acceptors (Lipinski definition) is 5. The number of aromatic nitrogens is 1. The average Bonchev–Trinajstić information content (AvgIpc) is 3.10. The second kappa shape index (κ2) is 9.86. The van der Waals surface area contributed by atoms with E-state index in [4.69, 9.17) is 16.9 Å². The Balaban J connectivity index is 1.48. The zero-order valence-electron chi connectivity index (χ0n) is 16.8. The van der Waals surface area contributed by atoms with Crippen LogP contribution in [0.2, 0.25) is 5.02 Å². The lowest BCUT2D eigenvalue weighted by Gasteiger charge is -2.21. The molecular formula is C24H21ClN4OS. The maximum Gasteiger partial charge on any atom is 0.255 e. The third-order valence-corrected chi connectivity index (χ3v) is 6.57. The molecule has 31 heavy (non-hydrogen) atoms. The summed E-state index contributed by atoms with van der Waals surface area (Å²) in [7, 11) is 0. The van der Waals surface area contributed by atoms with Gasteiger partial charge in [-0.2, -0.15) is 5.26 Å². The Morgan fingerprint density at radius 2 is 1.94 bits per heavy atom. The zero-order valence-corrected chi connectivity index (χ0v) is 18.4. The first-order valence-corrected chi connectivity index (χ1v) is 11.4. The van der Waals surface area contributed by atoms with Crippen LogP contribution in [0.15, 0.2) is 60.8 Å². The highest BCUT2D eigenvalue weighted by Crippen LogP contribution is 2.30. The fourth-order valence-corrected chi connectivity index (χ4v) is 4.68. The van der Waals surface area contributed by atoms with Crippen molar-refractivity contribution in [2.45, 2.75) is 19.3 Å². The lowest BCUT2D eigenvalue weighted by atomic mass is 10.1. The molecule has 0 radical (unpaired) electrons. The molecule has 2 aromatic carbocycles. The van der Waals surface area contributed by atoms with Gasteiger partial charge in [0.25, 0.3) is 5.91 Å². The molecule has 156 valence electrons. The topological polar surface area (TPSA) is 69.0 Å². The van der Waals surface area contributed by atoms with Crippen LogP contribution in [0, 0.1) is 11.3 Å². The predicted octanol–water partition coefficient (Wildman–Crippen LogP) is 6.16. The molecule has 0 saturated carbocycles. The lowest BCUT2D eigenvalue weighted by Crippen LogP contribution is -2.15. The molecular weight excluding hydrogens is 428 g/mol. The molecule has 0 aliphatic carbocycles. The summed E-state index contributed by atoms with van der Waals surface area (Å²) in [5.41, 5.74) is 4.16. The summed E-state index contributed by atoms with van der Waals surface area (Å²) >= 11 is 8.19. The second-order valence-electron chi connectivity index (χ2n) is 7.24. The first kappa shape index (κ1) is 21.2. The molecule has 1 N–H and O–H groups in total. The van der Waals surface area contributed by atoms with E-state index in [1.165, 1.54) is 25.5 Å². The average molecular weight is 449 g/mol. The van der Waals surface area contributed by atoms with E-state index in [0.29, 0.717) is 33.1 Å². The molecule has 4 rings (SSSR count). The minimum Gasteiger partial charge on any atom is -0.322 e. The van der Waals surface area contributed by atoms with Crippen molar-refractivity contribution in [2.24, 2.45) is 0 Å². The summed E-state index contributed by atoms with van der Waals surface area (Å²) in [6.07, 6.45) is 5.22. The van der Waals surface area contributed by atoms with Crippen molar-refractivity contribution >= 4 is 40.8 Å². The number of nitriles is 1. The number of carbonyl (C=O) groups excluding carboxylic acids is 1. The van der Waals surface area contributed by atoms with Crippen LogP contribution in [0.25, 0.3) is 11.3 Å². The van der Waals surface area contributed by atoms with Crippen LogP contribution in [0.4, 0.5) is 11.4 Å². The van der Waals surface area contributed by atoms with Crippen molar-refractivity contribution in [3.63, 3.8) is 0 Å². The number of halogens is 1. The first-order chi connectivity index (χ1) is 15.1. The van der Waals surface area contributed by atoms with Gasteiger partial charge in [-0.3, -0.25) is 9.78 Å². The molecule has 1 fully saturated rings. The van der Waals surface area contributed by atoms with Gasteiger partial charge < -0.3 is 9.62 Å². The largest absolute Gasteiger partial charge is 0.322 e. The van der Waals surface area contributed by atoms with Gasteiger partial charge in [0.1, 0.15) is 6.07 Å². The predicted molar refractivity (Wildman–Crippen MR) is 127 cm³/mol. The number of pyridine rings is 1. The summed E-state index contributed by atoms with van der Waals surface area (Å²) in [4.78, 5) is 17.1. The number of rotatable bonds is 4. The molecule has 1 aromatic heterocycles. The molecule has 2 heterocycles. The molecule has 1 saturated heterocycles. The van der Waals surface area contributed by atoms with E-state index in [2.05, 4.69) is 14.6 Å². The van der Waals surface area contributed by atoms with Gasteiger partial charge in [-0.1, -0.05) is 18.0 Å². The number of nitrogens with one attached hydrogen (secondary N) is 1. The van der Waals surface area contributed by atoms with Crippen LogP contribution >= 0.6 is 23.5 Å². The monoisotopic (exact) mass is 448 g/mol. The van der Waals surface area contributed by atoms with E-state index in [1.54, 1.807) is 30.3 Å². The van der Waals surface area contributed by atoms with E-state index < -0.39 is 0 Å². The summed E-state index contributed by atoms with van der Waals surface area (Å²) in [6.45, 7) is 1.03. The van der Waals surface area contributed by atoms with Gasteiger partial charge in [0, 0.05) is 41.0 Å². The maximum atomic E-state index is 12.8. The molecule has 5 nitrogen and oxygen atoms in total. The zero-order chi connectivity index (χ0) is 21.6. The normalized spacial score (nSPS) is 13.9. The molecule has 0 bridgehead atoms. The Kier molecular flexibility index (Phi) is 6.76. The quantitative estimate of drug-likeness (QED) is 0.483. The minimum absolute atomic E-state index is 0.184. The Morgan fingerprint density at radius 3 is 2.68 bits per heavy atom. The maximum absolute atomic E-state index is 12.8. The Morgan fingerprint density at radius 1 is 1.10 bits per heavy atom. The highest BCUT2D eigenvalue weighted by Gasteiger charge is 2.13. The smallest absolute Gasteiger partial charge is 0.255 e. The molecule has 1 aliphatic rings. The number of amides is 1. The van der Waals surface area contributed by atoms with Crippen molar-refractivity contribution in [3.05, 3.63) is 76.9 Å². The molecule has 0 unspecified atom stereocenters. The van der Waals surface area contributed by atoms with Crippen molar-refractivity contribution in [3.8, 4) is 17.3 Å². The van der Waals surface area contributed by atoms with Crippen molar-refractivity contribution < 1.29 is 4.79 Å². The number of nitrogens with zero attached hydrogens (tertiary/aromatic N) is 3. The molecule has 3 aromatic rings. The van der Waals surface area contributed by atoms with E-state index in [0.717, 1.165) is 18.0 Å². The highest BCUT2D eigenvalue weighted by atomic mass is 35.5. The van der Waals surface area contributed by atoms with Gasteiger partial charge in [0.15, 0.2) is 0 Å². The molecule has 1 aliphatic heterocycles. The van der Waals surface area contributed by atoms with Crippen LogP contribution in [-0.4, -0.2) is 23.2 Å². The van der Waals surface area contributed by atoms with Gasteiger partial charge >= 0.3 is 0 Å². The number of hydrogen-bond donors (Lipinski definition) is 1. The Hall–Kier alpha value is -3.01. The van der Waals surface area contributed by atoms with Crippen LogP contribution in [0.1, 0.15) is 35.2 Å². The van der Waals surface area contributed by atoms with Crippen LogP contribution in [-0.2, 0) is 0 Å². The number of carbonyl (C=O) groups is 1. The van der Waals surface area contributed by atoms with E-state index in [9.17, 15) is 4.79 Å². The SMILES string of the molecule is N#Cc1ccc(-c2cc(NC(=O)c3ccc(N4CCCCCS4)cc3)ccc2Cl)nc1. The van der Waals surface area contributed by atoms with Crippen molar-refractivity contribution in [1.82, 2.24) is 4.98 Å². The lowest BCUT2D eigenvalue weighted by molar-refractivity contribution is 0.102. The van der Waals surface area contributed by atoms with Crippen molar-refractivity contribution in [2.75, 3.05) is 21.9 Å². The van der Waals surface area contributed by atoms with E-state index in [-0.39, 0.29) is 5.91 Å². The van der Waals surface area contributed by atoms with E-state index in [1.807, 2.05) is 42.3 Å². The third kappa shape index (κ3) is 5.19. The fraction of sp³-hybridized carbons (Fsp3) is 0.208. The summed E-state index contributed by atoms with van der Waals surface area (Å²) in [5.74, 6) is 0.950. The Bertz CT molecular complexity index is 1100. The first-order valence-electron chi connectivity index (χ1n) is 10.1. The summed E-state index contributed by atoms with van der Waals surface area (Å²) < 4.78 is 2.31. The van der Waals surface area contributed by atoms with Crippen LogP contribution < -0.4 is 9.62 Å². The molecule has 0 atom stereocenters. The van der Waals surface area contributed by atoms with Gasteiger partial charge in [-0.25, -0.2) is 0 Å². The standard InChI is InChI=1S/C24H21ClN4OS/c25-22-10-7-19(14-21(22)23-11-4-17(15-26)16-27-23)28-24(30)18-5-8-20(9-6-18)29-12-2-1-3-13-31-29/h4-11,14,16H,1-3,12-13H2,(H,28,30). The third-order valence-electron chi connectivity index (χ3n) is 5.06. The van der Waals surface area contributed by atoms with Gasteiger partial charge in [0.05, 0.1) is 16.3 Å².